The first kappa shape index (κ1) is 25.6. The fourth-order valence-corrected chi connectivity index (χ4v) is 4.66. The summed E-state index contributed by atoms with van der Waals surface area (Å²) in [6, 6.07) is 11.8. The van der Waals surface area contributed by atoms with E-state index in [0.717, 1.165) is 40.7 Å². The van der Waals surface area contributed by atoms with Crippen molar-refractivity contribution in [1.82, 2.24) is 15.4 Å². The van der Waals surface area contributed by atoms with Crippen LogP contribution in [0.2, 0.25) is 0 Å². The van der Waals surface area contributed by atoms with Gasteiger partial charge in [-0.1, -0.05) is 35.0 Å². The number of hydrogen-bond donors (Lipinski definition) is 1. The van der Waals surface area contributed by atoms with E-state index in [1.165, 1.54) is 12.1 Å². The van der Waals surface area contributed by atoms with Crippen LogP contribution in [0.25, 0.3) is 11.3 Å². The Morgan fingerprint density at radius 2 is 1.83 bits per heavy atom. The smallest absolute Gasteiger partial charge is 0.276 e. The van der Waals surface area contributed by atoms with Crippen LogP contribution in [0.4, 0.5) is 4.39 Å². The van der Waals surface area contributed by atoms with Crippen LogP contribution in [0, 0.1) is 26.6 Å². The summed E-state index contributed by atoms with van der Waals surface area (Å²) in [6.07, 6.45) is 1.88. The summed E-state index contributed by atoms with van der Waals surface area (Å²) in [5.41, 5.74) is 5.19. The lowest BCUT2D eigenvalue weighted by molar-refractivity contribution is -0.121. The molecule has 0 saturated carbocycles. The van der Waals surface area contributed by atoms with Crippen LogP contribution < -0.4 is 5.32 Å². The molecular weight excluding hydrogens is 461 g/mol. The van der Waals surface area contributed by atoms with E-state index >= 15 is 0 Å². The number of nitrogens with zero attached hydrogens (tertiary/aromatic N) is 2. The monoisotopic (exact) mass is 493 g/mol. The van der Waals surface area contributed by atoms with Gasteiger partial charge < -0.3 is 19.5 Å². The third-order valence-electron chi connectivity index (χ3n) is 6.40. The Kier molecular flexibility index (Phi) is 8.15. The lowest BCUT2D eigenvalue weighted by atomic mass is 9.98. The molecule has 2 amide bonds. The third-order valence-corrected chi connectivity index (χ3v) is 6.40. The second-order valence-corrected chi connectivity index (χ2v) is 9.39. The number of aryl methyl sites for hydroxylation is 3. The fourth-order valence-electron chi connectivity index (χ4n) is 4.66. The van der Waals surface area contributed by atoms with Crippen molar-refractivity contribution in [2.75, 3.05) is 19.7 Å². The van der Waals surface area contributed by atoms with Crippen LogP contribution in [0.5, 0.6) is 0 Å². The molecule has 190 valence electrons. The fraction of sp³-hybridized carbons (Fsp3) is 0.393. The molecule has 0 radical (unpaired) electrons. The van der Waals surface area contributed by atoms with Crippen LogP contribution in [-0.2, 0) is 16.1 Å². The molecule has 2 aromatic carbocycles. The van der Waals surface area contributed by atoms with Gasteiger partial charge in [-0.2, -0.15) is 0 Å². The summed E-state index contributed by atoms with van der Waals surface area (Å²) < 4.78 is 24.4. The van der Waals surface area contributed by atoms with Crippen molar-refractivity contribution in [3.05, 3.63) is 76.2 Å². The molecule has 0 aliphatic carbocycles. The Bertz CT molecular complexity index is 1190. The van der Waals surface area contributed by atoms with E-state index in [1.807, 2.05) is 20.8 Å². The van der Waals surface area contributed by atoms with Crippen LogP contribution in [-0.4, -0.2) is 47.7 Å². The number of carbonyl (C=O) groups is 2. The first-order chi connectivity index (χ1) is 17.3. The second kappa shape index (κ2) is 11.5. The maximum atomic E-state index is 13.4. The van der Waals surface area contributed by atoms with E-state index in [2.05, 4.69) is 22.6 Å². The predicted molar refractivity (Wildman–Crippen MR) is 134 cm³/mol. The molecule has 1 N–H and O–H groups in total. The Hall–Kier alpha value is -3.52. The van der Waals surface area contributed by atoms with Crippen molar-refractivity contribution < 1.29 is 23.2 Å². The molecular formula is C28H32FN3O4. The number of aromatic nitrogens is 1. The zero-order valence-electron chi connectivity index (χ0n) is 21.0. The number of nitrogens with one attached hydrogen (secondary N) is 1. The average molecular weight is 494 g/mol. The molecule has 1 aliphatic rings. The van der Waals surface area contributed by atoms with Crippen LogP contribution in [0.15, 0.2) is 47.0 Å². The molecule has 1 aromatic heterocycles. The Balaban J connectivity index is 1.43. The minimum atomic E-state index is -0.322. The maximum absolute atomic E-state index is 13.4. The lowest BCUT2D eigenvalue weighted by Gasteiger charge is -2.24. The minimum absolute atomic E-state index is 0.0656. The van der Waals surface area contributed by atoms with Crippen LogP contribution in [0.3, 0.4) is 0 Å². The van der Waals surface area contributed by atoms with Crippen LogP contribution >= 0.6 is 0 Å². The van der Waals surface area contributed by atoms with Crippen molar-refractivity contribution in [3.63, 3.8) is 0 Å². The summed E-state index contributed by atoms with van der Waals surface area (Å²) >= 11 is 0. The molecule has 36 heavy (non-hydrogen) atoms. The zero-order valence-corrected chi connectivity index (χ0v) is 21.0. The van der Waals surface area contributed by atoms with Gasteiger partial charge in [0.2, 0.25) is 5.91 Å². The van der Waals surface area contributed by atoms with Crippen molar-refractivity contribution >= 4 is 11.8 Å². The topological polar surface area (TPSA) is 84.7 Å². The standard InChI is InChI=1S/C28H32FN3O4/c1-18-13-19(2)27(20(3)14-18)25-15-24(31-36-25)28(34)32(17-23-5-4-12-35-23)11-10-26(33)30-16-21-6-8-22(29)9-7-21/h6-9,13-15,23H,4-5,10-12,16-17H2,1-3H3,(H,30,33)/t23-/m1/s1. The van der Waals surface area contributed by atoms with Crippen molar-refractivity contribution in [2.45, 2.75) is 52.7 Å². The molecule has 0 bridgehead atoms. The van der Waals surface area contributed by atoms with E-state index in [1.54, 1.807) is 23.1 Å². The number of carbonyl (C=O) groups excluding carboxylic acids is 2. The van der Waals surface area contributed by atoms with Gasteiger partial charge >= 0.3 is 0 Å². The van der Waals surface area contributed by atoms with Gasteiger partial charge in [-0.15, -0.1) is 0 Å². The highest BCUT2D eigenvalue weighted by molar-refractivity contribution is 5.93. The lowest BCUT2D eigenvalue weighted by Crippen LogP contribution is -2.40. The van der Waals surface area contributed by atoms with E-state index in [9.17, 15) is 14.0 Å². The number of benzene rings is 2. The molecule has 7 nitrogen and oxygen atoms in total. The van der Waals surface area contributed by atoms with Gasteiger partial charge in [-0.3, -0.25) is 9.59 Å². The predicted octanol–water partition coefficient (Wildman–Crippen LogP) is 4.73. The van der Waals surface area contributed by atoms with E-state index in [4.69, 9.17) is 9.26 Å². The van der Waals surface area contributed by atoms with Crippen molar-refractivity contribution in [2.24, 2.45) is 0 Å². The number of halogens is 1. The molecule has 1 fully saturated rings. The Morgan fingerprint density at radius 3 is 2.50 bits per heavy atom. The Labute approximate surface area is 210 Å². The summed E-state index contributed by atoms with van der Waals surface area (Å²) in [5.74, 6) is -0.273. The summed E-state index contributed by atoms with van der Waals surface area (Å²) in [6.45, 7) is 7.62. The molecule has 2 heterocycles. The van der Waals surface area contributed by atoms with Gasteiger partial charge in [0.1, 0.15) is 5.82 Å². The molecule has 1 saturated heterocycles. The normalized spacial score (nSPS) is 15.2. The van der Waals surface area contributed by atoms with E-state index < -0.39 is 0 Å². The molecule has 1 aliphatic heterocycles. The average Bonchev–Trinajstić information content (AvgIpc) is 3.53. The van der Waals surface area contributed by atoms with Gasteiger partial charge in [0, 0.05) is 44.3 Å². The molecule has 3 aromatic rings. The molecule has 8 heteroatoms. The van der Waals surface area contributed by atoms with Crippen molar-refractivity contribution in [1.29, 1.82) is 0 Å². The largest absolute Gasteiger partial charge is 0.376 e. The summed E-state index contributed by atoms with van der Waals surface area (Å²) in [5, 5.41) is 6.89. The number of ether oxygens (including phenoxy) is 1. The van der Waals surface area contributed by atoms with E-state index in [-0.39, 0.29) is 42.4 Å². The zero-order chi connectivity index (χ0) is 25.7. The maximum Gasteiger partial charge on any atom is 0.276 e. The highest BCUT2D eigenvalue weighted by Crippen LogP contribution is 2.29. The molecule has 0 unspecified atom stereocenters. The van der Waals surface area contributed by atoms with Gasteiger partial charge in [0.25, 0.3) is 5.91 Å². The number of hydrogen-bond acceptors (Lipinski definition) is 5. The quantitative estimate of drug-likeness (QED) is 0.466. The minimum Gasteiger partial charge on any atom is -0.376 e. The second-order valence-electron chi connectivity index (χ2n) is 9.39. The first-order valence-corrected chi connectivity index (χ1v) is 12.3. The first-order valence-electron chi connectivity index (χ1n) is 12.3. The number of rotatable bonds is 9. The molecule has 0 spiro atoms. The molecule has 4 rings (SSSR count). The van der Waals surface area contributed by atoms with Crippen molar-refractivity contribution in [3.8, 4) is 11.3 Å². The van der Waals surface area contributed by atoms with E-state index in [0.29, 0.717) is 25.5 Å². The van der Waals surface area contributed by atoms with Gasteiger partial charge in [-0.25, -0.2) is 4.39 Å². The summed E-state index contributed by atoms with van der Waals surface area (Å²) in [7, 11) is 0. The highest BCUT2D eigenvalue weighted by atomic mass is 19.1. The summed E-state index contributed by atoms with van der Waals surface area (Å²) in [4.78, 5) is 27.5. The van der Waals surface area contributed by atoms with Gasteiger partial charge in [-0.05, 0) is 62.4 Å². The van der Waals surface area contributed by atoms with Crippen LogP contribution in [0.1, 0.15) is 52.0 Å². The SMILES string of the molecule is Cc1cc(C)c(-c2cc(C(=O)N(CCC(=O)NCc3ccc(F)cc3)C[C@H]3CCCO3)no2)c(C)c1. The molecule has 1 atom stereocenters. The third kappa shape index (κ3) is 6.37. The number of amides is 2. The van der Waals surface area contributed by atoms with Gasteiger partial charge in [0.05, 0.1) is 6.10 Å². The van der Waals surface area contributed by atoms with Gasteiger partial charge in [0.15, 0.2) is 11.5 Å². The Morgan fingerprint density at radius 1 is 1.11 bits per heavy atom. The highest BCUT2D eigenvalue weighted by Gasteiger charge is 2.26.